The van der Waals surface area contributed by atoms with Crippen LogP contribution in [0, 0.1) is 27.9 Å². The SMILES string of the molecule is CN(C(=O)c1ccn(Cn2cnc([N+](=O)[O-])n2)n1)C12CC3CC(CC(C3)C1)C2. The highest BCUT2D eigenvalue weighted by atomic mass is 16.6. The molecule has 0 aromatic carbocycles. The fourth-order valence-corrected chi connectivity index (χ4v) is 6.00. The van der Waals surface area contributed by atoms with E-state index in [4.69, 9.17) is 0 Å². The van der Waals surface area contributed by atoms with E-state index in [0.717, 1.165) is 37.0 Å². The summed E-state index contributed by atoms with van der Waals surface area (Å²) in [4.78, 5) is 28.8. The van der Waals surface area contributed by atoms with E-state index in [1.807, 2.05) is 11.9 Å². The molecule has 4 saturated carbocycles. The highest BCUT2D eigenvalue weighted by Crippen LogP contribution is 2.57. The molecule has 10 heteroatoms. The molecule has 0 aliphatic heterocycles. The molecule has 10 nitrogen and oxygen atoms in total. The Kier molecular flexibility index (Phi) is 3.78. The van der Waals surface area contributed by atoms with Gasteiger partial charge < -0.3 is 15.0 Å². The van der Waals surface area contributed by atoms with Gasteiger partial charge in [-0.1, -0.05) is 4.98 Å². The van der Waals surface area contributed by atoms with Crippen LogP contribution >= 0.6 is 0 Å². The van der Waals surface area contributed by atoms with Gasteiger partial charge in [-0.15, -0.1) is 0 Å². The molecule has 4 aliphatic rings. The summed E-state index contributed by atoms with van der Waals surface area (Å²) in [6.45, 7) is 0.162. The monoisotopic (exact) mass is 385 g/mol. The van der Waals surface area contributed by atoms with Crippen molar-refractivity contribution in [2.24, 2.45) is 17.8 Å². The molecule has 2 heterocycles. The van der Waals surface area contributed by atoms with Crippen LogP contribution in [0.3, 0.4) is 0 Å². The average molecular weight is 385 g/mol. The van der Waals surface area contributed by atoms with Crippen LogP contribution in [0.25, 0.3) is 0 Å². The van der Waals surface area contributed by atoms with Gasteiger partial charge in [-0.3, -0.25) is 4.79 Å². The van der Waals surface area contributed by atoms with E-state index in [1.54, 1.807) is 16.9 Å². The van der Waals surface area contributed by atoms with E-state index in [0.29, 0.717) is 5.69 Å². The maximum absolute atomic E-state index is 13.1. The van der Waals surface area contributed by atoms with Gasteiger partial charge in [0.1, 0.15) is 5.69 Å². The summed E-state index contributed by atoms with van der Waals surface area (Å²) in [6, 6.07) is 1.70. The number of carbonyl (C=O) groups excluding carboxylic acids is 1. The molecule has 0 saturated heterocycles. The van der Waals surface area contributed by atoms with Crippen molar-refractivity contribution in [2.45, 2.75) is 50.7 Å². The highest BCUT2D eigenvalue weighted by molar-refractivity contribution is 5.92. The minimum atomic E-state index is -0.644. The number of hydrogen-bond donors (Lipinski definition) is 0. The van der Waals surface area contributed by atoms with Gasteiger partial charge in [0.15, 0.2) is 6.67 Å². The van der Waals surface area contributed by atoms with E-state index in [2.05, 4.69) is 15.2 Å². The fourth-order valence-electron chi connectivity index (χ4n) is 6.00. The van der Waals surface area contributed by atoms with Gasteiger partial charge in [0, 0.05) is 23.9 Å². The molecule has 4 bridgehead atoms. The number of carbonyl (C=O) groups is 1. The molecule has 0 radical (unpaired) electrons. The summed E-state index contributed by atoms with van der Waals surface area (Å²) < 4.78 is 2.86. The molecule has 6 rings (SSSR count). The largest absolute Gasteiger partial charge is 0.491 e. The fraction of sp³-hybridized carbons (Fsp3) is 0.667. The lowest BCUT2D eigenvalue weighted by molar-refractivity contribution is -0.394. The zero-order valence-electron chi connectivity index (χ0n) is 15.8. The number of rotatable bonds is 5. The molecule has 28 heavy (non-hydrogen) atoms. The first-order chi connectivity index (χ1) is 13.4. The van der Waals surface area contributed by atoms with Gasteiger partial charge in [-0.05, 0) is 67.3 Å². The summed E-state index contributed by atoms with van der Waals surface area (Å²) >= 11 is 0. The number of amides is 1. The van der Waals surface area contributed by atoms with Crippen LogP contribution in [0.15, 0.2) is 18.6 Å². The van der Waals surface area contributed by atoms with Crippen molar-refractivity contribution in [3.05, 3.63) is 34.4 Å². The van der Waals surface area contributed by atoms with Crippen molar-refractivity contribution in [3.8, 4) is 0 Å². The van der Waals surface area contributed by atoms with Gasteiger partial charge in [0.05, 0.1) is 0 Å². The minimum absolute atomic E-state index is 0.0118. The quantitative estimate of drug-likeness (QED) is 0.574. The molecular formula is C18H23N7O3. The number of hydrogen-bond acceptors (Lipinski definition) is 6. The van der Waals surface area contributed by atoms with Crippen molar-refractivity contribution < 1.29 is 9.72 Å². The predicted molar refractivity (Wildman–Crippen MR) is 97.3 cm³/mol. The average Bonchev–Trinajstić information content (AvgIpc) is 3.29. The first-order valence-corrected chi connectivity index (χ1v) is 9.77. The first-order valence-electron chi connectivity index (χ1n) is 9.77. The zero-order chi connectivity index (χ0) is 19.5. The molecule has 1 amide bonds. The van der Waals surface area contributed by atoms with Crippen LogP contribution in [0.4, 0.5) is 5.95 Å². The third kappa shape index (κ3) is 2.78. The van der Waals surface area contributed by atoms with Crippen LogP contribution in [-0.2, 0) is 6.67 Å². The second kappa shape index (κ2) is 6.11. The summed E-state index contributed by atoms with van der Waals surface area (Å²) in [6.07, 6.45) is 10.3. The first kappa shape index (κ1) is 17.3. The Morgan fingerprint density at radius 3 is 2.43 bits per heavy atom. The standard InChI is InChI=1S/C18H23N7O3/c1-22(18-7-12-4-13(8-18)6-14(5-12)9-18)16(26)15-2-3-23(20-15)11-24-10-19-17(21-24)25(27)28/h2-3,10,12-14H,4-9,11H2,1H3. The molecule has 4 fully saturated rings. The number of nitrogens with zero attached hydrogens (tertiary/aromatic N) is 7. The second-order valence-electron chi connectivity index (χ2n) is 8.73. The zero-order valence-corrected chi connectivity index (χ0v) is 15.8. The van der Waals surface area contributed by atoms with Gasteiger partial charge in [-0.2, -0.15) is 9.78 Å². The van der Waals surface area contributed by atoms with Crippen molar-refractivity contribution in [3.63, 3.8) is 0 Å². The summed E-state index contributed by atoms with van der Waals surface area (Å²) in [7, 11) is 1.93. The lowest BCUT2D eigenvalue weighted by atomic mass is 9.52. The van der Waals surface area contributed by atoms with E-state index in [9.17, 15) is 14.9 Å². The summed E-state index contributed by atoms with van der Waals surface area (Å²) in [5, 5.41) is 18.8. The van der Waals surface area contributed by atoms with E-state index in [-0.39, 0.29) is 18.1 Å². The van der Waals surface area contributed by atoms with Gasteiger partial charge >= 0.3 is 5.95 Å². The van der Waals surface area contributed by atoms with Crippen molar-refractivity contribution in [2.75, 3.05) is 7.05 Å². The van der Waals surface area contributed by atoms with E-state index >= 15 is 0 Å². The number of nitro groups is 1. The molecule has 0 unspecified atom stereocenters. The number of aromatic nitrogens is 5. The molecule has 2 aromatic rings. The van der Waals surface area contributed by atoms with Gasteiger partial charge in [-0.25, -0.2) is 4.68 Å². The van der Waals surface area contributed by atoms with Crippen LogP contribution < -0.4 is 0 Å². The molecule has 0 atom stereocenters. The Bertz CT molecular complexity index is 898. The third-order valence-electron chi connectivity index (χ3n) is 6.86. The summed E-state index contributed by atoms with van der Waals surface area (Å²) in [5.41, 5.74) is 0.384. The van der Waals surface area contributed by atoms with Crippen LogP contribution in [0.2, 0.25) is 0 Å². The molecule has 0 spiro atoms. The van der Waals surface area contributed by atoms with Crippen molar-refractivity contribution in [1.82, 2.24) is 29.4 Å². The Morgan fingerprint density at radius 2 is 1.86 bits per heavy atom. The van der Waals surface area contributed by atoms with Crippen molar-refractivity contribution >= 4 is 11.9 Å². The minimum Gasteiger partial charge on any atom is -0.390 e. The van der Waals surface area contributed by atoms with Gasteiger partial charge in [0.2, 0.25) is 6.33 Å². The predicted octanol–water partition coefficient (Wildman–Crippen LogP) is 1.93. The molecule has 2 aromatic heterocycles. The van der Waals surface area contributed by atoms with Gasteiger partial charge in [0.25, 0.3) is 5.91 Å². The maximum Gasteiger partial charge on any atom is 0.491 e. The normalized spacial score (nSPS) is 30.5. The highest BCUT2D eigenvalue weighted by Gasteiger charge is 2.54. The Morgan fingerprint density at radius 1 is 1.21 bits per heavy atom. The van der Waals surface area contributed by atoms with E-state index in [1.165, 1.54) is 30.3 Å². The Labute approximate surface area is 161 Å². The Hall–Kier alpha value is -2.78. The lowest BCUT2D eigenvalue weighted by Crippen LogP contribution is -2.60. The van der Waals surface area contributed by atoms with Crippen LogP contribution in [0.1, 0.15) is 49.0 Å². The maximum atomic E-state index is 13.1. The summed E-state index contributed by atoms with van der Waals surface area (Å²) in [5.74, 6) is 1.79. The molecule has 0 N–H and O–H groups in total. The third-order valence-corrected chi connectivity index (χ3v) is 6.86. The Balaban J connectivity index is 1.31. The topological polar surface area (TPSA) is 112 Å². The lowest BCUT2D eigenvalue weighted by Gasteiger charge is -2.59. The molecule has 4 aliphatic carbocycles. The molecule has 148 valence electrons. The van der Waals surface area contributed by atoms with Crippen LogP contribution in [0.5, 0.6) is 0 Å². The molecular weight excluding hydrogens is 362 g/mol. The smallest absolute Gasteiger partial charge is 0.390 e. The van der Waals surface area contributed by atoms with Crippen LogP contribution in [-0.4, -0.2) is 52.9 Å². The van der Waals surface area contributed by atoms with Crippen molar-refractivity contribution in [1.29, 1.82) is 0 Å². The van der Waals surface area contributed by atoms with E-state index < -0.39 is 10.9 Å². The second-order valence-corrected chi connectivity index (χ2v) is 8.73.